The number of carbonyl (C=O) groups excluding carboxylic acids is 1. The zero-order valence-electron chi connectivity index (χ0n) is 11.4. The van der Waals surface area contributed by atoms with Crippen molar-refractivity contribution >= 4 is 5.91 Å². The van der Waals surface area contributed by atoms with Gasteiger partial charge in [-0.1, -0.05) is 19.3 Å². The third-order valence-electron chi connectivity index (χ3n) is 4.22. The third kappa shape index (κ3) is 3.69. The molecule has 2 aliphatic carbocycles. The van der Waals surface area contributed by atoms with Crippen LogP contribution in [-0.2, 0) is 9.53 Å². The molecule has 2 saturated carbocycles. The van der Waals surface area contributed by atoms with E-state index in [1.807, 2.05) is 6.92 Å². The van der Waals surface area contributed by atoms with Crippen LogP contribution in [0.1, 0.15) is 58.3 Å². The fraction of sp³-hybridized carbons (Fsp3) is 0.929. The van der Waals surface area contributed by atoms with Crippen LogP contribution in [0.15, 0.2) is 0 Å². The molecule has 0 saturated heterocycles. The molecule has 0 atom stereocenters. The van der Waals surface area contributed by atoms with Gasteiger partial charge >= 0.3 is 0 Å². The average Bonchev–Trinajstić information content (AvgIpc) is 2.26. The highest BCUT2D eigenvalue weighted by molar-refractivity contribution is 5.77. The average molecular weight is 254 g/mol. The molecule has 0 heterocycles. The number of rotatable bonds is 5. The Kier molecular flexibility index (Phi) is 4.62. The molecule has 0 spiro atoms. The molecule has 3 N–H and O–H groups in total. The Hall–Kier alpha value is -0.610. The predicted molar refractivity (Wildman–Crippen MR) is 71.2 cm³/mol. The first-order valence-electron chi connectivity index (χ1n) is 7.31. The molecule has 0 radical (unpaired) electrons. The molecule has 2 rings (SSSR count). The Balaban J connectivity index is 1.66. The molecule has 1 amide bonds. The number of amides is 1. The first kappa shape index (κ1) is 13.8. The van der Waals surface area contributed by atoms with E-state index < -0.39 is 0 Å². The van der Waals surface area contributed by atoms with E-state index >= 15 is 0 Å². The van der Waals surface area contributed by atoms with Crippen molar-refractivity contribution < 1.29 is 9.53 Å². The summed E-state index contributed by atoms with van der Waals surface area (Å²) in [6.07, 6.45) is 8.33. The molecule has 4 nitrogen and oxygen atoms in total. The molecule has 0 aromatic carbocycles. The minimum Gasteiger partial charge on any atom is -0.378 e. The van der Waals surface area contributed by atoms with Gasteiger partial charge in [-0.05, 0) is 32.6 Å². The van der Waals surface area contributed by atoms with Gasteiger partial charge in [0.25, 0.3) is 0 Å². The van der Waals surface area contributed by atoms with Crippen LogP contribution in [0, 0.1) is 0 Å². The van der Waals surface area contributed by atoms with E-state index in [1.54, 1.807) is 0 Å². The van der Waals surface area contributed by atoms with E-state index in [2.05, 4.69) is 5.32 Å². The highest BCUT2D eigenvalue weighted by atomic mass is 16.5. The van der Waals surface area contributed by atoms with Gasteiger partial charge in [0, 0.05) is 24.6 Å². The fourth-order valence-electron chi connectivity index (χ4n) is 3.09. The zero-order valence-corrected chi connectivity index (χ0v) is 11.4. The standard InChI is InChI=1S/C14H26N2O2/c1-2-18-12-8-11(9-12)16-13(17)10-14(15)6-4-3-5-7-14/h11-12H,2-10,15H2,1H3,(H,16,17). The van der Waals surface area contributed by atoms with Gasteiger partial charge in [-0.25, -0.2) is 0 Å². The number of nitrogens with one attached hydrogen (secondary N) is 1. The number of carbonyl (C=O) groups is 1. The maximum absolute atomic E-state index is 12.0. The molecular weight excluding hydrogens is 228 g/mol. The van der Waals surface area contributed by atoms with Crippen LogP contribution in [0.2, 0.25) is 0 Å². The SMILES string of the molecule is CCOC1CC(NC(=O)CC2(N)CCCCC2)C1. The van der Waals surface area contributed by atoms with Gasteiger partial charge in [0.05, 0.1) is 6.10 Å². The van der Waals surface area contributed by atoms with Gasteiger partial charge in [0.2, 0.25) is 5.91 Å². The highest BCUT2D eigenvalue weighted by Crippen LogP contribution is 2.29. The van der Waals surface area contributed by atoms with Crippen LogP contribution in [0.4, 0.5) is 0 Å². The van der Waals surface area contributed by atoms with Crippen LogP contribution in [-0.4, -0.2) is 30.2 Å². The first-order valence-corrected chi connectivity index (χ1v) is 7.31. The lowest BCUT2D eigenvalue weighted by molar-refractivity contribution is -0.125. The summed E-state index contributed by atoms with van der Waals surface area (Å²) < 4.78 is 5.48. The van der Waals surface area contributed by atoms with Crippen LogP contribution in [0.3, 0.4) is 0 Å². The van der Waals surface area contributed by atoms with Crippen molar-refractivity contribution in [3.8, 4) is 0 Å². The van der Waals surface area contributed by atoms with Crippen molar-refractivity contribution in [1.29, 1.82) is 0 Å². The third-order valence-corrected chi connectivity index (χ3v) is 4.22. The highest BCUT2D eigenvalue weighted by Gasteiger charge is 2.34. The van der Waals surface area contributed by atoms with Crippen molar-refractivity contribution in [2.75, 3.05) is 6.61 Å². The number of hydrogen-bond donors (Lipinski definition) is 2. The lowest BCUT2D eigenvalue weighted by Crippen LogP contribution is -2.51. The second-order valence-corrected chi connectivity index (χ2v) is 5.91. The van der Waals surface area contributed by atoms with E-state index in [1.165, 1.54) is 19.3 Å². The molecule has 0 aromatic heterocycles. The van der Waals surface area contributed by atoms with Crippen LogP contribution >= 0.6 is 0 Å². The zero-order chi connectivity index (χ0) is 13.0. The second-order valence-electron chi connectivity index (χ2n) is 5.91. The fourth-order valence-corrected chi connectivity index (χ4v) is 3.09. The van der Waals surface area contributed by atoms with E-state index in [-0.39, 0.29) is 11.4 Å². The Labute approximate surface area is 110 Å². The predicted octanol–water partition coefficient (Wildman–Crippen LogP) is 1.72. The summed E-state index contributed by atoms with van der Waals surface area (Å²) in [7, 11) is 0. The minimum absolute atomic E-state index is 0.124. The Bertz CT molecular complexity index is 282. The molecule has 0 bridgehead atoms. The van der Waals surface area contributed by atoms with Crippen LogP contribution in [0.5, 0.6) is 0 Å². The van der Waals surface area contributed by atoms with Gasteiger partial charge in [-0.3, -0.25) is 4.79 Å². The van der Waals surface area contributed by atoms with Gasteiger partial charge in [0.1, 0.15) is 0 Å². The Morgan fingerprint density at radius 3 is 2.61 bits per heavy atom. The molecule has 18 heavy (non-hydrogen) atoms. The summed E-state index contributed by atoms with van der Waals surface area (Å²) in [6.45, 7) is 2.77. The largest absolute Gasteiger partial charge is 0.378 e. The normalized spacial score (nSPS) is 30.6. The number of nitrogens with two attached hydrogens (primary N) is 1. The summed E-state index contributed by atoms with van der Waals surface area (Å²) in [6, 6.07) is 0.307. The first-order chi connectivity index (χ1) is 8.61. The van der Waals surface area contributed by atoms with Crippen molar-refractivity contribution in [3.63, 3.8) is 0 Å². The summed E-state index contributed by atoms with van der Waals surface area (Å²) >= 11 is 0. The second kappa shape index (κ2) is 6.02. The minimum atomic E-state index is -0.245. The van der Waals surface area contributed by atoms with E-state index in [9.17, 15) is 4.79 Å². The Morgan fingerprint density at radius 1 is 1.33 bits per heavy atom. The van der Waals surface area contributed by atoms with Crippen molar-refractivity contribution in [1.82, 2.24) is 5.32 Å². The van der Waals surface area contributed by atoms with Crippen LogP contribution in [0.25, 0.3) is 0 Å². The summed E-state index contributed by atoms with van der Waals surface area (Å²) in [5.41, 5.74) is 6.04. The monoisotopic (exact) mass is 254 g/mol. The van der Waals surface area contributed by atoms with Crippen molar-refractivity contribution in [2.24, 2.45) is 5.73 Å². The topological polar surface area (TPSA) is 64.3 Å². The summed E-state index contributed by atoms with van der Waals surface area (Å²) in [4.78, 5) is 12.0. The van der Waals surface area contributed by atoms with E-state index in [4.69, 9.17) is 10.5 Å². The van der Waals surface area contributed by atoms with E-state index in [0.29, 0.717) is 18.6 Å². The smallest absolute Gasteiger partial charge is 0.222 e. The lowest BCUT2D eigenvalue weighted by atomic mass is 9.79. The molecule has 0 unspecified atom stereocenters. The Morgan fingerprint density at radius 2 is 2.00 bits per heavy atom. The molecule has 0 aliphatic heterocycles. The lowest BCUT2D eigenvalue weighted by Gasteiger charge is -2.37. The number of ether oxygens (including phenoxy) is 1. The van der Waals surface area contributed by atoms with E-state index in [0.717, 1.165) is 32.3 Å². The van der Waals surface area contributed by atoms with Crippen LogP contribution < -0.4 is 11.1 Å². The maximum Gasteiger partial charge on any atom is 0.222 e. The molecule has 2 fully saturated rings. The summed E-state index contributed by atoms with van der Waals surface area (Å²) in [5, 5.41) is 3.08. The van der Waals surface area contributed by atoms with Crippen molar-refractivity contribution in [3.05, 3.63) is 0 Å². The molecule has 2 aliphatic rings. The van der Waals surface area contributed by atoms with Crippen molar-refractivity contribution in [2.45, 2.75) is 76.0 Å². The molecular formula is C14H26N2O2. The van der Waals surface area contributed by atoms with Gasteiger partial charge in [0.15, 0.2) is 0 Å². The van der Waals surface area contributed by atoms with Gasteiger partial charge < -0.3 is 15.8 Å². The maximum atomic E-state index is 12.0. The summed E-state index contributed by atoms with van der Waals surface area (Å²) in [5.74, 6) is 0.124. The van der Waals surface area contributed by atoms with Gasteiger partial charge in [-0.15, -0.1) is 0 Å². The number of hydrogen-bond acceptors (Lipinski definition) is 3. The molecule has 4 heteroatoms. The molecule has 104 valence electrons. The van der Waals surface area contributed by atoms with Gasteiger partial charge in [-0.2, -0.15) is 0 Å². The quantitative estimate of drug-likeness (QED) is 0.785. The molecule has 0 aromatic rings.